The molecule has 37 heavy (non-hydrogen) atoms. The van der Waals surface area contributed by atoms with E-state index in [-0.39, 0.29) is 6.04 Å². The van der Waals surface area contributed by atoms with Gasteiger partial charge in [0.2, 0.25) is 0 Å². The number of piperazine rings is 1. The second kappa shape index (κ2) is 14.6. The number of hydrogen-bond donors (Lipinski definition) is 1. The maximum Gasteiger partial charge on any atom is 0.124 e. The lowest BCUT2D eigenvalue weighted by molar-refractivity contribution is 0.0333. The minimum Gasteiger partial charge on any atom is -0.497 e. The van der Waals surface area contributed by atoms with Crippen molar-refractivity contribution in [3.63, 3.8) is 0 Å². The average Bonchev–Trinajstić information content (AvgIpc) is 2.96. The van der Waals surface area contributed by atoms with Crippen molar-refractivity contribution in [2.24, 2.45) is 0 Å². The summed E-state index contributed by atoms with van der Waals surface area (Å²) in [4.78, 5) is 2.43. The Kier molecular flexibility index (Phi) is 10.6. The van der Waals surface area contributed by atoms with Crippen molar-refractivity contribution in [2.45, 2.75) is 25.9 Å². The van der Waals surface area contributed by atoms with Gasteiger partial charge in [-0.15, -0.1) is 0 Å². The Morgan fingerprint density at radius 3 is 2.16 bits per heavy atom. The van der Waals surface area contributed by atoms with E-state index in [9.17, 15) is 0 Å². The zero-order chi connectivity index (χ0) is 25.7. The van der Waals surface area contributed by atoms with Crippen LogP contribution in [0.15, 0.2) is 72.8 Å². The predicted molar refractivity (Wildman–Crippen MR) is 145 cm³/mol. The van der Waals surface area contributed by atoms with Crippen molar-refractivity contribution in [1.29, 1.82) is 0 Å². The Balaban J connectivity index is 1.18. The topological polar surface area (TPSA) is 61.4 Å². The average molecular weight is 507 g/mol. The highest BCUT2D eigenvalue weighted by Crippen LogP contribution is 2.21. The summed E-state index contributed by atoms with van der Waals surface area (Å²) in [6.07, 6.45) is 0. The van der Waals surface area contributed by atoms with Gasteiger partial charge in [0.1, 0.15) is 11.5 Å². The highest BCUT2D eigenvalue weighted by Gasteiger charge is 2.22. The van der Waals surface area contributed by atoms with Crippen LogP contribution in [0.4, 0.5) is 5.69 Å². The van der Waals surface area contributed by atoms with E-state index in [0.717, 1.165) is 47.8 Å². The zero-order valence-corrected chi connectivity index (χ0v) is 21.9. The molecule has 1 N–H and O–H groups in total. The molecule has 0 aromatic heterocycles. The summed E-state index contributed by atoms with van der Waals surface area (Å²) >= 11 is 0. The van der Waals surface area contributed by atoms with E-state index in [4.69, 9.17) is 23.7 Å². The van der Waals surface area contributed by atoms with Gasteiger partial charge >= 0.3 is 0 Å². The number of nitrogens with zero attached hydrogens (tertiary/aromatic N) is 1. The number of hydrogen-bond acceptors (Lipinski definition) is 7. The maximum absolute atomic E-state index is 6.07. The van der Waals surface area contributed by atoms with Gasteiger partial charge in [-0.25, -0.2) is 0 Å². The number of rotatable bonds is 14. The quantitative estimate of drug-likeness (QED) is 0.325. The van der Waals surface area contributed by atoms with Gasteiger partial charge in [-0.05, 0) is 41.5 Å². The largest absolute Gasteiger partial charge is 0.497 e. The van der Waals surface area contributed by atoms with Gasteiger partial charge in [0, 0.05) is 30.9 Å². The lowest BCUT2D eigenvalue weighted by atomic mass is 10.1. The summed E-state index contributed by atoms with van der Waals surface area (Å²) in [6, 6.07) is 24.8. The number of ether oxygens (including phenoxy) is 5. The molecule has 3 aromatic carbocycles. The van der Waals surface area contributed by atoms with Gasteiger partial charge in [0.05, 0.1) is 59.9 Å². The van der Waals surface area contributed by atoms with Gasteiger partial charge in [-0.3, -0.25) is 0 Å². The van der Waals surface area contributed by atoms with Crippen LogP contribution in [0, 0.1) is 0 Å². The fourth-order valence-corrected chi connectivity index (χ4v) is 4.38. The molecule has 0 amide bonds. The second-order valence-electron chi connectivity index (χ2n) is 9.00. The monoisotopic (exact) mass is 506 g/mol. The predicted octanol–water partition coefficient (Wildman–Crippen LogP) is 4.43. The van der Waals surface area contributed by atoms with Crippen molar-refractivity contribution >= 4 is 5.69 Å². The van der Waals surface area contributed by atoms with E-state index >= 15 is 0 Å². The van der Waals surface area contributed by atoms with Gasteiger partial charge in [-0.2, -0.15) is 0 Å². The van der Waals surface area contributed by atoms with Crippen molar-refractivity contribution in [2.75, 3.05) is 58.6 Å². The Labute approximate surface area is 220 Å². The molecule has 0 aliphatic carbocycles. The summed E-state index contributed by atoms with van der Waals surface area (Å²) in [6.45, 7) is 6.24. The number of nitrogens with one attached hydrogen (secondary N) is 1. The fraction of sp³-hybridized carbons (Fsp3) is 0.400. The number of anilines is 1. The summed E-state index contributed by atoms with van der Waals surface area (Å²) in [7, 11) is 3.35. The standard InChI is InChI=1S/C30H38N2O5/c1-33-29-13-9-25(10-14-29)21-37-23-28-19-31-15-16-32(28)27-11-7-24(8-12-27)20-35-17-18-36-22-26-5-3-4-6-30(26)34-2/h3-14,28,31H,15-23H2,1-2H3/t28-/m1/s1. The molecule has 0 saturated carbocycles. The Morgan fingerprint density at radius 1 is 0.757 bits per heavy atom. The van der Waals surface area contributed by atoms with Gasteiger partial charge in [-0.1, -0.05) is 42.5 Å². The minimum absolute atomic E-state index is 0.287. The van der Waals surface area contributed by atoms with Crippen LogP contribution in [0.3, 0.4) is 0 Å². The van der Waals surface area contributed by atoms with Gasteiger partial charge < -0.3 is 33.9 Å². The van der Waals surface area contributed by atoms with Crippen LogP contribution in [0.2, 0.25) is 0 Å². The third-order valence-corrected chi connectivity index (χ3v) is 6.45. The summed E-state index contributed by atoms with van der Waals surface area (Å²) in [5, 5.41) is 3.49. The van der Waals surface area contributed by atoms with Crippen LogP contribution in [0.25, 0.3) is 0 Å². The molecular weight excluding hydrogens is 468 g/mol. The van der Waals surface area contributed by atoms with Crippen molar-refractivity contribution in [1.82, 2.24) is 5.32 Å². The first-order chi connectivity index (χ1) is 18.3. The van der Waals surface area contributed by atoms with Crippen LogP contribution in [0.1, 0.15) is 16.7 Å². The van der Waals surface area contributed by atoms with Gasteiger partial charge in [0.25, 0.3) is 0 Å². The highest BCUT2D eigenvalue weighted by molar-refractivity contribution is 5.49. The number of para-hydroxylation sites is 1. The lowest BCUT2D eigenvalue weighted by Crippen LogP contribution is -2.53. The van der Waals surface area contributed by atoms with Crippen LogP contribution < -0.4 is 19.7 Å². The minimum atomic E-state index is 0.287. The van der Waals surface area contributed by atoms with Crippen LogP contribution in [-0.4, -0.2) is 59.7 Å². The molecule has 1 saturated heterocycles. The molecule has 1 aliphatic heterocycles. The van der Waals surface area contributed by atoms with E-state index in [0.29, 0.717) is 39.6 Å². The molecule has 1 fully saturated rings. The molecule has 3 aromatic rings. The van der Waals surface area contributed by atoms with E-state index in [1.807, 2.05) is 48.5 Å². The molecular formula is C30H38N2O5. The fourth-order valence-electron chi connectivity index (χ4n) is 4.38. The number of methoxy groups -OCH3 is 2. The third kappa shape index (κ3) is 8.20. The number of benzene rings is 3. The normalized spacial score (nSPS) is 15.5. The van der Waals surface area contributed by atoms with E-state index < -0.39 is 0 Å². The van der Waals surface area contributed by atoms with Crippen molar-refractivity contribution in [3.8, 4) is 11.5 Å². The summed E-state index contributed by atoms with van der Waals surface area (Å²) < 4.78 is 28.2. The first-order valence-corrected chi connectivity index (χ1v) is 12.8. The van der Waals surface area contributed by atoms with Crippen LogP contribution in [0.5, 0.6) is 11.5 Å². The highest BCUT2D eigenvalue weighted by atomic mass is 16.5. The SMILES string of the molecule is COc1ccc(COC[C@H]2CNCCN2c2ccc(COCCOCc3ccccc3OC)cc2)cc1. The molecule has 1 atom stereocenters. The molecule has 7 nitrogen and oxygen atoms in total. The van der Waals surface area contributed by atoms with E-state index in [1.165, 1.54) is 5.69 Å². The van der Waals surface area contributed by atoms with Crippen molar-refractivity contribution < 1.29 is 23.7 Å². The van der Waals surface area contributed by atoms with Crippen LogP contribution >= 0.6 is 0 Å². The molecule has 0 unspecified atom stereocenters. The molecule has 1 heterocycles. The first-order valence-electron chi connectivity index (χ1n) is 12.8. The first kappa shape index (κ1) is 26.9. The van der Waals surface area contributed by atoms with E-state index in [2.05, 4.69) is 34.5 Å². The van der Waals surface area contributed by atoms with E-state index in [1.54, 1.807) is 14.2 Å². The Bertz CT molecular complexity index is 1060. The molecule has 0 bridgehead atoms. The second-order valence-corrected chi connectivity index (χ2v) is 9.00. The smallest absolute Gasteiger partial charge is 0.124 e. The third-order valence-electron chi connectivity index (χ3n) is 6.45. The van der Waals surface area contributed by atoms with Crippen LogP contribution in [-0.2, 0) is 34.0 Å². The van der Waals surface area contributed by atoms with Crippen molar-refractivity contribution in [3.05, 3.63) is 89.5 Å². The molecule has 0 radical (unpaired) electrons. The molecule has 198 valence electrons. The molecule has 1 aliphatic rings. The summed E-state index contributed by atoms with van der Waals surface area (Å²) in [5.41, 5.74) is 4.54. The maximum atomic E-state index is 6.07. The molecule has 0 spiro atoms. The Morgan fingerprint density at radius 2 is 1.43 bits per heavy atom. The Hall–Kier alpha value is -3.10. The molecule has 4 rings (SSSR count). The van der Waals surface area contributed by atoms with Gasteiger partial charge in [0.15, 0.2) is 0 Å². The zero-order valence-electron chi connectivity index (χ0n) is 21.9. The molecule has 7 heteroatoms. The summed E-state index contributed by atoms with van der Waals surface area (Å²) in [5.74, 6) is 1.71. The lowest BCUT2D eigenvalue weighted by Gasteiger charge is -2.38.